The zero-order chi connectivity index (χ0) is 24.4. The molecule has 1 aliphatic heterocycles. The van der Waals surface area contributed by atoms with E-state index in [0.29, 0.717) is 13.1 Å². The molecule has 1 aliphatic carbocycles. The maximum Gasteiger partial charge on any atom is 0.246 e. The predicted octanol–water partition coefficient (Wildman–Crippen LogP) is 3.98. The SMILES string of the molecule is CCC(CC)[C@@H]1C(=O)N[C@H](C2Cc3ccccc3C2)C(=O)N1Cc1cnn(Cc2ccccc2)c1. The summed E-state index contributed by atoms with van der Waals surface area (Å²) in [4.78, 5) is 29.2. The Labute approximate surface area is 207 Å². The minimum absolute atomic E-state index is 0.0177. The van der Waals surface area contributed by atoms with Gasteiger partial charge in [0.15, 0.2) is 0 Å². The first-order valence-corrected chi connectivity index (χ1v) is 12.8. The second-order valence-electron chi connectivity index (χ2n) is 9.94. The van der Waals surface area contributed by atoms with Gasteiger partial charge in [0.25, 0.3) is 0 Å². The lowest BCUT2D eigenvalue weighted by Crippen LogP contribution is -2.66. The Morgan fingerprint density at radius 3 is 2.23 bits per heavy atom. The van der Waals surface area contributed by atoms with E-state index in [1.165, 1.54) is 16.7 Å². The molecule has 0 unspecified atom stereocenters. The maximum absolute atomic E-state index is 13.9. The molecule has 1 fully saturated rings. The van der Waals surface area contributed by atoms with Gasteiger partial charge in [-0.25, -0.2) is 0 Å². The first-order chi connectivity index (χ1) is 17.1. The Morgan fingerprint density at radius 2 is 1.57 bits per heavy atom. The van der Waals surface area contributed by atoms with E-state index in [9.17, 15) is 9.59 Å². The van der Waals surface area contributed by atoms with Gasteiger partial charge in [-0.1, -0.05) is 81.3 Å². The lowest BCUT2D eigenvalue weighted by Gasteiger charge is -2.43. The normalized spacial score (nSPS) is 20.4. The van der Waals surface area contributed by atoms with Gasteiger partial charge in [0.2, 0.25) is 11.8 Å². The molecule has 0 bridgehead atoms. The van der Waals surface area contributed by atoms with Crippen molar-refractivity contribution in [3.8, 4) is 0 Å². The number of rotatable bonds is 8. The summed E-state index contributed by atoms with van der Waals surface area (Å²) >= 11 is 0. The van der Waals surface area contributed by atoms with E-state index in [-0.39, 0.29) is 23.7 Å². The number of amides is 2. The number of hydrogen-bond acceptors (Lipinski definition) is 3. The van der Waals surface area contributed by atoms with Crippen LogP contribution in [0.5, 0.6) is 0 Å². The van der Waals surface area contributed by atoms with Crippen LogP contribution in [0.25, 0.3) is 0 Å². The van der Waals surface area contributed by atoms with Gasteiger partial charge in [-0.15, -0.1) is 0 Å². The lowest BCUT2D eigenvalue weighted by atomic mass is 9.86. The predicted molar refractivity (Wildman–Crippen MR) is 135 cm³/mol. The highest BCUT2D eigenvalue weighted by Gasteiger charge is 2.46. The van der Waals surface area contributed by atoms with Gasteiger partial charge in [-0.05, 0) is 41.4 Å². The summed E-state index contributed by atoms with van der Waals surface area (Å²) in [6.07, 6.45) is 7.18. The van der Waals surface area contributed by atoms with Crippen LogP contribution in [0.3, 0.4) is 0 Å². The van der Waals surface area contributed by atoms with Gasteiger partial charge in [0, 0.05) is 18.3 Å². The minimum Gasteiger partial charge on any atom is -0.342 e. The Morgan fingerprint density at radius 1 is 0.914 bits per heavy atom. The Bertz CT molecular complexity index is 1160. The van der Waals surface area contributed by atoms with E-state index in [1.54, 1.807) is 0 Å². The number of nitrogens with zero attached hydrogens (tertiary/aromatic N) is 3. The second-order valence-corrected chi connectivity index (χ2v) is 9.94. The molecular formula is C29H34N4O2. The van der Waals surface area contributed by atoms with Crippen molar-refractivity contribution in [2.75, 3.05) is 0 Å². The summed E-state index contributed by atoms with van der Waals surface area (Å²) in [6, 6.07) is 17.6. The van der Waals surface area contributed by atoms with Crippen LogP contribution < -0.4 is 5.32 Å². The molecule has 2 aromatic carbocycles. The minimum atomic E-state index is -0.486. The molecule has 2 atom stereocenters. The molecule has 0 spiro atoms. The number of aromatic nitrogens is 2. The maximum atomic E-state index is 13.9. The van der Waals surface area contributed by atoms with E-state index in [2.05, 4.69) is 48.5 Å². The molecule has 1 saturated heterocycles. The smallest absolute Gasteiger partial charge is 0.246 e. The average Bonchev–Trinajstić information content (AvgIpc) is 3.50. The molecule has 35 heavy (non-hydrogen) atoms. The molecule has 1 N–H and O–H groups in total. The highest BCUT2D eigenvalue weighted by Crippen LogP contribution is 2.33. The van der Waals surface area contributed by atoms with Gasteiger partial charge < -0.3 is 10.2 Å². The molecule has 3 aromatic rings. The van der Waals surface area contributed by atoms with Gasteiger partial charge in [0.05, 0.1) is 12.7 Å². The van der Waals surface area contributed by atoms with Crippen LogP contribution in [0.15, 0.2) is 67.0 Å². The number of benzene rings is 2. The van der Waals surface area contributed by atoms with E-state index in [1.807, 2.05) is 52.3 Å². The van der Waals surface area contributed by atoms with Crippen LogP contribution in [-0.2, 0) is 35.5 Å². The summed E-state index contributed by atoms with van der Waals surface area (Å²) in [7, 11) is 0. The third-order valence-corrected chi connectivity index (χ3v) is 7.73. The van der Waals surface area contributed by atoms with Crippen molar-refractivity contribution >= 4 is 11.8 Å². The fourth-order valence-electron chi connectivity index (χ4n) is 5.83. The highest BCUT2D eigenvalue weighted by molar-refractivity contribution is 5.97. The quantitative estimate of drug-likeness (QED) is 0.542. The Kier molecular flexibility index (Phi) is 6.71. The Balaban J connectivity index is 1.38. The van der Waals surface area contributed by atoms with Crippen LogP contribution in [0.2, 0.25) is 0 Å². The molecular weight excluding hydrogens is 436 g/mol. The van der Waals surface area contributed by atoms with E-state index >= 15 is 0 Å². The van der Waals surface area contributed by atoms with Gasteiger partial charge in [0.1, 0.15) is 12.1 Å². The summed E-state index contributed by atoms with van der Waals surface area (Å²) in [5.41, 5.74) is 4.70. The van der Waals surface area contributed by atoms with Crippen LogP contribution in [-0.4, -0.2) is 38.6 Å². The fraction of sp³-hybridized carbons (Fsp3) is 0.414. The number of hydrogen-bond donors (Lipinski definition) is 1. The third-order valence-electron chi connectivity index (χ3n) is 7.73. The first-order valence-electron chi connectivity index (χ1n) is 12.8. The van der Waals surface area contributed by atoms with E-state index < -0.39 is 12.1 Å². The Hall–Kier alpha value is -3.41. The molecule has 6 heteroatoms. The summed E-state index contributed by atoms with van der Waals surface area (Å²) < 4.78 is 1.90. The van der Waals surface area contributed by atoms with Crippen molar-refractivity contribution in [1.82, 2.24) is 20.0 Å². The number of carbonyl (C=O) groups is 2. The zero-order valence-electron chi connectivity index (χ0n) is 20.6. The zero-order valence-corrected chi connectivity index (χ0v) is 20.6. The van der Waals surface area contributed by atoms with Crippen molar-refractivity contribution in [2.24, 2.45) is 11.8 Å². The summed E-state index contributed by atoms with van der Waals surface area (Å²) in [5.74, 6) is 0.237. The van der Waals surface area contributed by atoms with Gasteiger partial charge in [-0.3, -0.25) is 14.3 Å². The van der Waals surface area contributed by atoms with Crippen molar-refractivity contribution in [3.63, 3.8) is 0 Å². The van der Waals surface area contributed by atoms with Crippen molar-refractivity contribution in [3.05, 3.63) is 89.2 Å². The standard InChI is InChI=1S/C29H34N4O2/c1-3-22(4-2)27-28(34)31-26(25-14-23-12-8-9-13-24(23)15-25)29(35)33(27)19-21-16-30-32(18-21)17-20-10-6-5-7-11-20/h5-13,16,18,22,25-27H,3-4,14-15,17,19H2,1-2H3,(H,31,34)/t26-,27-/m1/s1. The number of carbonyl (C=O) groups excluding carboxylic acids is 2. The van der Waals surface area contributed by atoms with Crippen LogP contribution >= 0.6 is 0 Å². The molecule has 6 nitrogen and oxygen atoms in total. The number of fused-ring (bicyclic) bond motifs is 1. The van der Waals surface area contributed by atoms with Crippen molar-refractivity contribution in [1.29, 1.82) is 0 Å². The number of nitrogens with one attached hydrogen (secondary N) is 1. The van der Waals surface area contributed by atoms with Crippen molar-refractivity contribution < 1.29 is 9.59 Å². The molecule has 2 heterocycles. The summed E-state index contributed by atoms with van der Waals surface area (Å²) in [5, 5.41) is 7.68. The van der Waals surface area contributed by atoms with Crippen LogP contribution in [0.1, 0.15) is 48.9 Å². The molecule has 2 aliphatic rings. The summed E-state index contributed by atoms with van der Waals surface area (Å²) in [6.45, 7) is 5.27. The third kappa shape index (κ3) is 4.75. The largest absolute Gasteiger partial charge is 0.342 e. The van der Waals surface area contributed by atoms with E-state index in [4.69, 9.17) is 0 Å². The van der Waals surface area contributed by atoms with Crippen LogP contribution in [0, 0.1) is 11.8 Å². The molecule has 0 saturated carbocycles. The first kappa shape index (κ1) is 23.3. The topological polar surface area (TPSA) is 67.2 Å². The number of piperazine rings is 1. The molecule has 182 valence electrons. The van der Waals surface area contributed by atoms with Gasteiger partial charge in [-0.2, -0.15) is 5.10 Å². The fourth-order valence-corrected chi connectivity index (χ4v) is 5.83. The van der Waals surface area contributed by atoms with Crippen molar-refractivity contribution in [2.45, 2.75) is 64.7 Å². The molecule has 0 radical (unpaired) electrons. The van der Waals surface area contributed by atoms with Crippen LogP contribution in [0.4, 0.5) is 0 Å². The lowest BCUT2D eigenvalue weighted by molar-refractivity contribution is -0.154. The molecule has 1 aromatic heterocycles. The monoisotopic (exact) mass is 470 g/mol. The average molecular weight is 471 g/mol. The highest BCUT2D eigenvalue weighted by atomic mass is 16.2. The molecule has 2 amide bonds. The van der Waals surface area contributed by atoms with E-state index in [0.717, 1.165) is 31.2 Å². The second kappa shape index (κ2) is 10.1. The van der Waals surface area contributed by atoms with Gasteiger partial charge >= 0.3 is 0 Å². The molecule has 5 rings (SSSR count).